The average molecular weight is 377 g/mol. The molecule has 1 aliphatic rings. The molecule has 1 aromatic heterocycles. The van der Waals surface area contributed by atoms with Crippen LogP contribution in [-0.4, -0.2) is 35.8 Å². The molecule has 2 aromatic carbocycles. The van der Waals surface area contributed by atoms with E-state index in [4.69, 9.17) is 4.74 Å². The largest absolute Gasteiger partial charge is 0.371 e. The fourth-order valence-corrected chi connectivity index (χ4v) is 2.89. The number of carbonyl (C=O) groups excluding carboxylic acids is 1. The summed E-state index contributed by atoms with van der Waals surface area (Å²) < 4.78 is 18.7. The summed E-state index contributed by atoms with van der Waals surface area (Å²) in [5.41, 5.74) is 2.25. The molecule has 1 aliphatic heterocycles. The highest BCUT2D eigenvalue weighted by Crippen LogP contribution is 2.26. The number of ether oxygens (including phenoxy) is 1. The minimum atomic E-state index is -0.381. The SMILES string of the molecule is Cl.O=C(Nc1n[nH]c2cc(C3CNCCO3)ccc12)c1ccc(F)cc1. The van der Waals surface area contributed by atoms with E-state index < -0.39 is 0 Å². The predicted molar refractivity (Wildman–Crippen MR) is 99.3 cm³/mol. The summed E-state index contributed by atoms with van der Waals surface area (Å²) in [6.45, 7) is 2.32. The number of fused-ring (bicyclic) bond motifs is 1. The summed E-state index contributed by atoms with van der Waals surface area (Å²) in [6, 6.07) is 11.2. The molecule has 1 saturated heterocycles. The second-order valence-electron chi connectivity index (χ2n) is 5.90. The molecule has 8 heteroatoms. The van der Waals surface area contributed by atoms with Gasteiger partial charge < -0.3 is 15.4 Å². The van der Waals surface area contributed by atoms with Crippen molar-refractivity contribution in [1.29, 1.82) is 0 Å². The van der Waals surface area contributed by atoms with Crippen molar-refractivity contribution in [3.05, 3.63) is 59.4 Å². The Bertz CT molecular complexity index is 907. The van der Waals surface area contributed by atoms with Gasteiger partial charge in [-0.05, 0) is 42.0 Å². The molecule has 0 radical (unpaired) electrons. The maximum atomic E-state index is 13.0. The lowest BCUT2D eigenvalue weighted by Crippen LogP contribution is -2.33. The zero-order valence-corrected chi connectivity index (χ0v) is 14.6. The monoisotopic (exact) mass is 376 g/mol. The molecule has 3 N–H and O–H groups in total. The highest BCUT2D eigenvalue weighted by Gasteiger charge is 2.17. The first-order valence-corrected chi connectivity index (χ1v) is 8.08. The maximum Gasteiger partial charge on any atom is 0.256 e. The van der Waals surface area contributed by atoms with Gasteiger partial charge in [-0.15, -0.1) is 12.4 Å². The Kier molecular flexibility index (Phi) is 5.51. The molecule has 1 fully saturated rings. The summed E-state index contributed by atoms with van der Waals surface area (Å²) in [5, 5.41) is 14.0. The van der Waals surface area contributed by atoms with E-state index in [0.717, 1.165) is 29.6 Å². The Hall–Kier alpha value is -2.48. The quantitative estimate of drug-likeness (QED) is 0.656. The van der Waals surface area contributed by atoms with Gasteiger partial charge in [0.05, 0.1) is 18.2 Å². The van der Waals surface area contributed by atoms with Gasteiger partial charge in [-0.3, -0.25) is 9.89 Å². The summed E-state index contributed by atoms with van der Waals surface area (Å²) in [7, 11) is 0. The lowest BCUT2D eigenvalue weighted by Gasteiger charge is -2.23. The highest BCUT2D eigenvalue weighted by molar-refractivity contribution is 6.07. The third kappa shape index (κ3) is 3.70. The minimum Gasteiger partial charge on any atom is -0.371 e. The smallest absolute Gasteiger partial charge is 0.256 e. The van der Waals surface area contributed by atoms with Crippen molar-refractivity contribution in [2.24, 2.45) is 0 Å². The van der Waals surface area contributed by atoms with Crippen molar-refractivity contribution in [1.82, 2.24) is 15.5 Å². The number of H-pyrrole nitrogens is 1. The molecule has 3 aromatic rings. The van der Waals surface area contributed by atoms with Crippen molar-refractivity contribution in [2.75, 3.05) is 25.0 Å². The van der Waals surface area contributed by atoms with Gasteiger partial charge in [-0.1, -0.05) is 6.07 Å². The van der Waals surface area contributed by atoms with Gasteiger partial charge in [0.15, 0.2) is 5.82 Å². The fraction of sp³-hybridized carbons (Fsp3) is 0.222. The number of amides is 1. The molecule has 0 saturated carbocycles. The lowest BCUT2D eigenvalue weighted by molar-refractivity contribution is 0.0278. The van der Waals surface area contributed by atoms with Crippen LogP contribution in [-0.2, 0) is 4.74 Å². The lowest BCUT2D eigenvalue weighted by atomic mass is 10.1. The van der Waals surface area contributed by atoms with Crippen LogP contribution in [0.15, 0.2) is 42.5 Å². The second-order valence-corrected chi connectivity index (χ2v) is 5.90. The number of halogens is 2. The van der Waals surface area contributed by atoms with Crippen LogP contribution in [0, 0.1) is 5.82 Å². The number of nitrogens with one attached hydrogen (secondary N) is 3. The van der Waals surface area contributed by atoms with E-state index in [-0.39, 0.29) is 30.2 Å². The van der Waals surface area contributed by atoms with Gasteiger partial charge in [0.25, 0.3) is 5.91 Å². The zero-order valence-electron chi connectivity index (χ0n) is 13.8. The molecule has 2 heterocycles. The molecular formula is C18H18ClFN4O2. The van der Waals surface area contributed by atoms with Crippen LogP contribution in [0.25, 0.3) is 10.9 Å². The second kappa shape index (κ2) is 7.82. The Morgan fingerprint density at radius 3 is 2.77 bits per heavy atom. The van der Waals surface area contributed by atoms with Crippen molar-refractivity contribution in [2.45, 2.75) is 6.10 Å². The number of aromatic nitrogens is 2. The number of hydrogen-bond donors (Lipinski definition) is 3. The number of carbonyl (C=O) groups is 1. The molecule has 136 valence electrons. The molecule has 26 heavy (non-hydrogen) atoms. The van der Waals surface area contributed by atoms with Crippen LogP contribution < -0.4 is 10.6 Å². The Labute approximate surface area is 155 Å². The van der Waals surface area contributed by atoms with E-state index in [1.807, 2.05) is 18.2 Å². The molecule has 6 nitrogen and oxygen atoms in total. The van der Waals surface area contributed by atoms with Crippen molar-refractivity contribution in [3.63, 3.8) is 0 Å². The van der Waals surface area contributed by atoms with Crippen LogP contribution >= 0.6 is 12.4 Å². The van der Waals surface area contributed by atoms with Gasteiger partial charge in [0, 0.05) is 24.0 Å². The first kappa shape index (κ1) is 18.3. The van der Waals surface area contributed by atoms with Crippen LogP contribution in [0.5, 0.6) is 0 Å². The number of hydrogen-bond acceptors (Lipinski definition) is 4. The molecule has 0 spiro atoms. The number of rotatable bonds is 3. The molecule has 0 aliphatic carbocycles. The topological polar surface area (TPSA) is 79.0 Å². The first-order valence-electron chi connectivity index (χ1n) is 8.08. The number of benzene rings is 2. The van der Waals surface area contributed by atoms with Crippen LogP contribution in [0.2, 0.25) is 0 Å². The summed E-state index contributed by atoms with van der Waals surface area (Å²) in [5.74, 6) is -0.274. The molecule has 1 atom stereocenters. The predicted octanol–water partition coefficient (Wildman–Crippen LogP) is 3.04. The van der Waals surface area contributed by atoms with Gasteiger partial charge in [0.1, 0.15) is 5.82 Å². The fourth-order valence-electron chi connectivity index (χ4n) is 2.89. The Balaban J connectivity index is 0.00000196. The molecule has 4 rings (SSSR count). The van der Waals surface area contributed by atoms with E-state index in [1.54, 1.807) is 0 Å². The molecular weight excluding hydrogens is 359 g/mol. The van der Waals surface area contributed by atoms with Gasteiger partial charge in [0.2, 0.25) is 0 Å². The zero-order chi connectivity index (χ0) is 17.2. The van der Waals surface area contributed by atoms with Crippen LogP contribution in [0.1, 0.15) is 22.0 Å². The minimum absolute atomic E-state index is 0. The highest BCUT2D eigenvalue weighted by atomic mass is 35.5. The van der Waals surface area contributed by atoms with E-state index in [2.05, 4.69) is 20.8 Å². The van der Waals surface area contributed by atoms with E-state index in [9.17, 15) is 9.18 Å². The molecule has 1 unspecified atom stereocenters. The number of anilines is 1. The Morgan fingerprint density at radius 1 is 1.23 bits per heavy atom. The van der Waals surface area contributed by atoms with E-state index >= 15 is 0 Å². The Morgan fingerprint density at radius 2 is 2.04 bits per heavy atom. The van der Waals surface area contributed by atoms with Gasteiger partial charge in [-0.2, -0.15) is 5.10 Å². The summed E-state index contributed by atoms with van der Waals surface area (Å²) >= 11 is 0. The van der Waals surface area contributed by atoms with Gasteiger partial charge in [-0.25, -0.2) is 4.39 Å². The van der Waals surface area contributed by atoms with Crippen LogP contribution in [0.3, 0.4) is 0 Å². The average Bonchev–Trinajstić information content (AvgIpc) is 3.05. The summed E-state index contributed by atoms with van der Waals surface area (Å²) in [4.78, 5) is 12.3. The standard InChI is InChI=1S/C18H17FN4O2.ClH/c19-13-4-1-11(2-5-13)18(24)21-17-14-6-3-12(9-15(14)22-23-17)16-10-20-7-8-25-16;/h1-6,9,16,20H,7-8,10H2,(H2,21,22,23,24);1H. The van der Waals surface area contributed by atoms with Crippen molar-refractivity contribution in [3.8, 4) is 0 Å². The van der Waals surface area contributed by atoms with Crippen LogP contribution in [0.4, 0.5) is 10.2 Å². The maximum absolute atomic E-state index is 13.0. The third-order valence-corrected chi connectivity index (χ3v) is 4.22. The normalized spacial score (nSPS) is 16.9. The number of nitrogens with zero attached hydrogens (tertiary/aromatic N) is 1. The molecule has 1 amide bonds. The van der Waals surface area contributed by atoms with E-state index in [1.165, 1.54) is 24.3 Å². The first-order chi connectivity index (χ1) is 12.2. The number of aromatic amines is 1. The van der Waals surface area contributed by atoms with Crippen molar-refractivity contribution >= 4 is 35.0 Å². The molecule has 0 bridgehead atoms. The van der Waals surface area contributed by atoms with Crippen molar-refractivity contribution < 1.29 is 13.9 Å². The summed E-state index contributed by atoms with van der Waals surface area (Å²) in [6.07, 6.45) is 0.0127. The third-order valence-electron chi connectivity index (χ3n) is 4.22. The van der Waals surface area contributed by atoms with E-state index in [0.29, 0.717) is 18.0 Å². The van der Waals surface area contributed by atoms with Gasteiger partial charge >= 0.3 is 0 Å². The number of morpholine rings is 1.